The normalized spacial score (nSPS) is 11.1. The molecule has 1 aromatic heterocycles. The number of hydrogen-bond donors (Lipinski definition) is 1. The fourth-order valence-electron chi connectivity index (χ4n) is 1.93. The number of nitrogens with two attached hydrogens (primary N) is 1. The predicted octanol–water partition coefficient (Wildman–Crippen LogP) is 2.40. The number of anilines is 1. The van der Waals surface area contributed by atoms with Gasteiger partial charge in [-0.3, -0.25) is 9.58 Å². The van der Waals surface area contributed by atoms with E-state index in [1.54, 1.807) is 0 Å². The summed E-state index contributed by atoms with van der Waals surface area (Å²) >= 11 is 3.54. The van der Waals surface area contributed by atoms with E-state index in [2.05, 4.69) is 33.0 Å². The number of aromatic nitrogens is 2. The molecule has 0 saturated carbocycles. The third-order valence-electron chi connectivity index (χ3n) is 2.79. The van der Waals surface area contributed by atoms with E-state index >= 15 is 0 Å². The molecule has 0 bridgehead atoms. The number of benzene rings is 1. The average molecular weight is 309 g/mol. The Morgan fingerprint density at radius 1 is 1.39 bits per heavy atom. The first-order chi connectivity index (χ1) is 8.56. The molecule has 5 heteroatoms. The standard InChI is InChI=1S/C13H17BrN4/c1-17(7-10-6-16-18(2)8-10)9-11-12(14)4-3-5-13(11)15/h3-6,8H,7,9,15H2,1-2H3. The van der Waals surface area contributed by atoms with E-state index < -0.39 is 0 Å². The minimum Gasteiger partial charge on any atom is -0.398 e. The van der Waals surface area contributed by atoms with Crippen LogP contribution < -0.4 is 5.73 Å². The quantitative estimate of drug-likeness (QED) is 0.882. The number of rotatable bonds is 4. The van der Waals surface area contributed by atoms with Crippen LogP contribution in [0, 0.1) is 0 Å². The van der Waals surface area contributed by atoms with Gasteiger partial charge in [0.15, 0.2) is 0 Å². The van der Waals surface area contributed by atoms with Gasteiger partial charge in [0.1, 0.15) is 0 Å². The molecular formula is C13H17BrN4. The maximum absolute atomic E-state index is 5.99. The number of halogens is 1. The molecule has 2 rings (SSSR count). The van der Waals surface area contributed by atoms with Gasteiger partial charge in [-0.05, 0) is 19.2 Å². The van der Waals surface area contributed by atoms with Crippen LogP contribution >= 0.6 is 15.9 Å². The van der Waals surface area contributed by atoms with Gasteiger partial charge in [-0.15, -0.1) is 0 Å². The Labute approximate surface area is 116 Å². The van der Waals surface area contributed by atoms with Crippen molar-refractivity contribution in [3.05, 3.63) is 46.2 Å². The van der Waals surface area contributed by atoms with Gasteiger partial charge in [0.05, 0.1) is 6.20 Å². The van der Waals surface area contributed by atoms with Crippen LogP contribution in [0.2, 0.25) is 0 Å². The Kier molecular flexibility index (Phi) is 4.04. The van der Waals surface area contributed by atoms with Crippen LogP contribution in [0.1, 0.15) is 11.1 Å². The summed E-state index contributed by atoms with van der Waals surface area (Å²) in [6.45, 7) is 1.66. The van der Waals surface area contributed by atoms with Crippen LogP contribution in [-0.2, 0) is 20.1 Å². The molecule has 2 aromatic rings. The molecule has 0 aliphatic heterocycles. The van der Waals surface area contributed by atoms with Crippen LogP contribution in [0.3, 0.4) is 0 Å². The summed E-state index contributed by atoms with van der Waals surface area (Å²) in [6.07, 6.45) is 3.92. The molecule has 0 atom stereocenters. The van der Waals surface area contributed by atoms with Crippen LogP contribution in [0.15, 0.2) is 35.1 Å². The van der Waals surface area contributed by atoms with E-state index in [1.807, 2.05) is 42.3 Å². The lowest BCUT2D eigenvalue weighted by Gasteiger charge is -2.18. The Hall–Kier alpha value is -1.33. The van der Waals surface area contributed by atoms with E-state index in [4.69, 9.17) is 5.73 Å². The molecule has 0 amide bonds. The van der Waals surface area contributed by atoms with E-state index in [9.17, 15) is 0 Å². The second-order valence-electron chi connectivity index (χ2n) is 4.50. The summed E-state index contributed by atoms with van der Waals surface area (Å²) in [4.78, 5) is 2.22. The molecule has 0 fully saturated rings. The van der Waals surface area contributed by atoms with Crippen LogP contribution in [0.25, 0.3) is 0 Å². The molecule has 4 nitrogen and oxygen atoms in total. The average Bonchev–Trinajstić information content (AvgIpc) is 2.69. The first-order valence-electron chi connectivity index (χ1n) is 5.75. The monoisotopic (exact) mass is 308 g/mol. The van der Waals surface area contributed by atoms with Crippen LogP contribution in [-0.4, -0.2) is 21.7 Å². The Morgan fingerprint density at radius 3 is 2.78 bits per heavy atom. The first kappa shape index (κ1) is 13.1. The highest BCUT2D eigenvalue weighted by Crippen LogP contribution is 2.24. The first-order valence-corrected chi connectivity index (χ1v) is 6.54. The smallest absolute Gasteiger partial charge is 0.0534 e. The van der Waals surface area contributed by atoms with Gasteiger partial charge in [-0.1, -0.05) is 22.0 Å². The van der Waals surface area contributed by atoms with E-state index in [0.717, 1.165) is 28.8 Å². The fraction of sp³-hybridized carbons (Fsp3) is 0.308. The van der Waals surface area contributed by atoms with Crippen molar-refractivity contribution >= 4 is 21.6 Å². The molecule has 1 heterocycles. The minimum atomic E-state index is 0.808. The summed E-state index contributed by atoms with van der Waals surface area (Å²) in [7, 11) is 4.00. The Balaban J connectivity index is 2.05. The Bertz CT molecular complexity index is 515. The predicted molar refractivity (Wildman–Crippen MR) is 76.9 cm³/mol. The molecule has 0 radical (unpaired) electrons. The highest BCUT2D eigenvalue weighted by molar-refractivity contribution is 9.10. The highest BCUT2D eigenvalue weighted by atomic mass is 79.9. The third-order valence-corrected chi connectivity index (χ3v) is 3.54. The van der Waals surface area contributed by atoms with Gasteiger partial charge in [-0.2, -0.15) is 5.10 Å². The number of aryl methyl sites for hydroxylation is 1. The zero-order valence-corrected chi connectivity index (χ0v) is 12.2. The van der Waals surface area contributed by atoms with Gasteiger partial charge in [-0.25, -0.2) is 0 Å². The zero-order valence-electron chi connectivity index (χ0n) is 10.6. The third kappa shape index (κ3) is 3.11. The summed E-state index contributed by atoms with van der Waals surface area (Å²) in [6, 6.07) is 5.89. The van der Waals surface area contributed by atoms with Gasteiger partial charge in [0, 0.05) is 47.6 Å². The molecule has 0 aliphatic carbocycles. The van der Waals surface area contributed by atoms with Gasteiger partial charge < -0.3 is 5.73 Å². The SMILES string of the molecule is CN(Cc1cnn(C)c1)Cc1c(N)cccc1Br. The molecule has 0 unspecified atom stereocenters. The minimum absolute atomic E-state index is 0.808. The second kappa shape index (κ2) is 5.54. The molecule has 0 aliphatic rings. The summed E-state index contributed by atoms with van der Waals surface area (Å²) in [5, 5.41) is 4.17. The second-order valence-corrected chi connectivity index (χ2v) is 5.36. The fourth-order valence-corrected chi connectivity index (χ4v) is 2.44. The van der Waals surface area contributed by atoms with E-state index in [0.29, 0.717) is 0 Å². The van der Waals surface area contributed by atoms with Crippen molar-refractivity contribution in [3.8, 4) is 0 Å². The van der Waals surface area contributed by atoms with Crippen molar-refractivity contribution in [3.63, 3.8) is 0 Å². The van der Waals surface area contributed by atoms with Crippen molar-refractivity contribution in [2.24, 2.45) is 7.05 Å². The van der Waals surface area contributed by atoms with Gasteiger partial charge in [0.2, 0.25) is 0 Å². The van der Waals surface area contributed by atoms with E-state index in [1.165, 1.54) is 5.56 Å². The largest absolute Gasteiger partial charge is 0.398 e. The molecule has 2 N–H and O–H groups in total. The number of nitrogen functional groups attached to an aromatic ring is 1. The maximum Gasteiger partial charge on any atom is 0.0534 e. The lowest BCUT2D eigenvalue weighted by atomic mass is 10.1. The van der Waals surface area contributed by atoms with Crippen molar-refractivity contribution < 1.29 is 0 Å². The number of hydrogen-bond acceptors (Lipinski definition) is 3. The van der Waals surface area contributed by atoms with Crippen LogP contribution in [0.4, 0.5) is 5.69 Å². The summed E-state index contributed by atoms with van der Waals surface area (Å²) in [5.74, 6) is 0. The summed E-state index contributed by atoms with van der Waals surface area (Å²) in [5.41, 5.74) is 9.14. The zero-order chi connectivity index (χ0) is 13.1. The topological polar surface area (TPSA) is 47.1 Å². The summed E-state index contributed by atoms with van der Waals surface area (Å²) < 4.78 is 2.87. The molecule has 18 heavy (non-hydrogen) atoms. The Morgan fingerprint density at radius 2 is 2.17 bits per heavy atom. The molecule has 96 valence electrons. The van der Waals surface area contributed by atoms with Crippen molar-refractivity contribution in [1.29, 1.82) is 0 Å². The molecular weight excluding hydrogens is 292 g/mol. The van der Waals surface area contributed by atoms with Gasteiger partial charge in [0.25, 0.3) is 0 Å². The molecule has 0 spiro atoms. The van der Waals surface area contributed by atoms with Crippen molar-refractivity contribution in [1.82, 2.24) is 14.7 Å². The maximum atomic E-state index is 5.99. The van der Waals surface area contributed by atoms with Crippen molar-refractivity contribution in [2.45, 2.75) is 13.1 Å². The lowest BCUT2D eigenvalue weighted by molar-refractivity contribution is 0.319. The highest BCUT2D eigenvalue weighted by Gasteiger charge is 2.08. The van der Waals surface area contributed by atoms with E-state index in [-0.39, 0.29) is 0 Å². The number of nitrogens with zero attached hydrogens (tertiary/aromatic N) is 3. The molecule has 1 aromatic carbocycles. The van der Waals surface area contributed by atoms with Crippen molar-refractivity contribution in [2.75, 3.05) is 12.8 Å². The lowest BCUT2D eigenvalue weighted by Crippen LogP contribution is -2.18. The van der Waals surface area contributed by atoms with Crippen LogP contribution in [0.5, 0.6) is 0 Å². The van der Waals surface area contributed by atoms with Gasteiger partial charge >= 0.3 is 0 Å². The molecule has 0 saturated heterocycles.